The summed E-state index contributed by atoms with van der Waals surface area (Å²) in [6.45, 7) is 7.68. The van der Waals surface area contributed by atoms with E-state index in [0.717, 1.165) is 5.75 Å². The van der Waals surface area contributed by atoms with Crippen molar-refractivity contribution in [2.24, 2.45) is 5.92 Å². The predicted octanol–water partition coefficient (Wildman–Crippen LogP) is 3.68. The van der Waals surface area contributed by atoms with Gasteiger partial charge in [0.1, 0.15) is 17.5 Å². The Bertz CT molecular complexity index is 953. The molecule has 0 aliphatic carbocycles. The van der Waals surface area contributed by atoms with Gasteiger partial charge in [-0.15, -0.1) is 0 Å². The van der Waals surface area contributed by atoms with Gasteiger partial charge in [0, 0.05) is 11.3 Å². The first-order chi connectivity index (χ1) is 14.3. The van der Waals surface area contributed by atoms with Crippen molar-refractivity contribution >= 4 is 29.0 Å². The summed E-state index contributed by atoms with van der Waals surface area (Å²) in [6.07, 6.45) is 0. The van der Waals surface area contributed by atoms with Crippen LogP contribution < -0.4 is 19.7 Å². The normalized spacial score (nSPS) is 14.0. The Balaban J connectivity index is 1.75. The molecule has 0 spiro atoms. The monoisotopic (exact) mass is 410 g/mol. The van der Waals surface area contributed by atoms with Gasteiger partial charge in [-0.25, -0.2) is 0 Å². The maximum atomic E-state index is 12.8. The molecule has 0 radical (unpaired) electrons. The van der Waals surface area contributed by atoms with Gasteiger partial charge >= 0.3 is 0 Å². The molecule has 0 saturated carbocycles. The number of fused-ring (bicyclic) bond motifs is 1. The molecule has 0 aromatic heterocycles. The molecule has 1 heterocycles. The molecule has 0 bridgehead atoms. The maximum absolute atomic E-state index is 12.8. The number of hydrogen-bond acceptors (Lipinski definition) is 5. The number of benzene rings is 2. The first-order valence-electron chi connectivity index (χ1n) is 9.90. The lowest BCUT2D eigenvalue weighted by Gasteiger charge is -2.33. The van der Waals surface area contributed by atoms with Gasteiger partial charge < -0.3 is 14.8 Å². The molecule has 7 heteroatoms. The fraction of sp³-hybridized carbons (Fsp3) is 0.348. The highest BCUT2D eigenvalue weighted by Gasteiger charge is 2.33. The van der Waals surface area contributed by atoms with Gasteiger partial charge in [0.2, 0.25) is 5.91 Å². The molecule has 1 aliphatic heterocycles. The smallest absolute Gasteiger partial charge is 0.265 e. The number of carbonyl (C=O) groups excluding carboxylic acids is 3. The van der Waals surface area contributed by atoms with Crippen molar-refractivity contribution in [1.82, 2.24) is 0 Å². The number of ether oxygens (including phenoxy) is 2. The molecule has 0 fully saturated rings. The van der Waals surface area contributed by atoms with Crippen molar-refractivity contribution in [2.45, 2.75) is 33.7 Å². The Morgan fingerprint density at radius 2 is 1.83 bits per heavy atom. The number of rotatable bonds is 7. The van der Waals surface area contributed by atoms with E-state index in [-0.39, 0.29) is 24.2 Å². The van der Waals surface area contributed by atoms with Crippen molar-refractivity contribution in [3.8, 4) is 11.5 Å². The van der Waals surface area contributed by atoms with E-state index in [0.29, 0.717) is 35.2 Å². The molecule has 2 amide bonds. The molecule has 30 heavy (non-hydrogen) atoms. The lowest BCUT2D eigenvalue weighted by Crippen LogP contribution is -2.49. The topological polar surface area (TPSA) is 84.9 Å². The summed E-state index contributed by atoms with van der Waals surface area (Å²) < 4.78 is 11.1. The summed E-state index contributed by atoms with van der Waals surface area (Å²) in [5.74, 6) is 0.786. The molecule has 1 unspecified atom stereocenters. The van der Waals surface area contributed by atoms with Crippen molar-refractivity contribution in [2.75, 3.05) is 23.4 Å². The van der Waals surface area contributed by atoms with Crippen LogP contribution in [0.25, 0.3) is 0 Å². The van der Waals surface area contributed by atoms with Crippen LogP contribution in [0.15, 0.2) is 42.5 Å². The number of amides is 2. The van der Waals surface area contributed by atoms with Crippen LogP contribution in [0.4, 0.5) is 11.4 Å². The lowest BCUT2D eigenvalue weighted by molar-refractivity contribution is -0.125. The second kappa shape index (κ2) is 8.98. The molecule has 1 atom stereocenters. The summed E-state index contributed by atoms with van der Waals surface area (Å²) in [6, 6.07) is 11.2. The maximum Gasteiger partial charge on any atom is 0.265 e. The predicted molar refractivity (Wildman–Crippen MR) is 114 cm³/mol. The lowest BCUT2D eigenvalue weighted by atomic mass is 10.1. The van der Waals surface area contributed by atoms with E-state index in [1.165, 1.54) is 11.8 Å². The Hall–Kier alpha value is -3.35. The number of hydrogen-bond donors (Lipinski definition) is 1. The Morgan fingerprint density at radius 1 is 1.13 bits per heavy atom. The number of nitrogens with one attached hydrogen (secondary N) is 1. The zero-order valence-corrected chi connectivity index (χ0v) is 17.6. The quantitative estimate of drug-likeness (QED) is 0.704. The van der Waals surface area contributed by atoms with Gasteiger partial charge in [0.25, 0.3) is 5.91 Å². The van der Waals surface area contributed by atoms with Crippen LogP contribution in [0, 0.1) is 5.92 Å². The molecular weight excluding hydrogens is 384 g/mol. The molecule has 3 rings (SSSR count). The average molecular weight is 410 g/mol. The number of nitrogens with zero attached hydrogens (tertiary/aromatic N) is 1. The minimum atomic E-state index is -0.792. The molecule has 1 N–H and O–H groups in total. The fourth-order valence-corrected chi connectivity index (χ4v) is 3.08. The minimum Gasteiger partial charge on any atom is -0.493 e. The summed E-state index contributed by atoms with van der Waals surface area (Å²) in [7, 11) is 0. The summed E-state index contributed by atoms with van der Waals surface area (Å²) in [4.78, 5) is 38.5. The zero-order chi connectivity index (χ0) is 21.8. The van der Waals surface area contributed by atoms with Crippen molar-refractivity contribution in [3.63, 3.8) is 0 Å². The number of anilines is 2. The van der Waals surface area contributed by atoms with Crippen molar-refractivity contribution in [1.29, 1.82) is 0 Å². The van der Waals surface area contributed by atoms with Gasteiger partial charge in [0.15, 0.2) is 12.4 Å². The largest absolute Gasteiger partial charge is 0.493 e. The van der Waals surface area contributed by atoms with E-state index in [1.54, 1.807) is 49.4 Å². The molecule has 2 aromatic carbocycles. The summed E-state index contributed by atoms with van der Waals surface area (Å²) in [5, 5.41) is 2.82. The zero-order valence-electron chi connectivity index (χ0n) is 17.6. The van der Waals surface area contributed by atoms with Crippen LogP contribution in [-0.4, -0.2) is 36.9 Å². The summed E-state index contributed by atoms with van der Waals surface area (Å²) in [5.41, 5.74) is 1.46. The summed E-state index contributed by atoms with van der Waals surface area (Å²) >= 11 is 0. The molecular formula is C23H26N2O5. The minimum absolute atomic E-state index is 0.132. The van der Waals surface area contributed by atoms with Gasteiger partial charge in [-0.05, 0) is 62.2 Å². The Morgan fingerprint density at radius 3 is 2.47 bits per heavy atom. The number of carbonyl (C=O) groups is 3. The van der Waals surface area contributed by atoms with Crippen LogP contribution in [0.2, 0.25) is 0 Å². The van der Waals surface area contributed by atoms with Gasteiger partial charge in [-0.1, -0.05) is 13.8 Å². The standard InChI is InChI=1S/C23H26N2O5/c1-14(2)12-29-19-8-6-18(7-9-19)24-23(28)15(3)25-20-11-17(16(4)26)5-10-21(20)30-13-22(25)27/h5-11,14-15H,12-13H2,1-4H3,(H,24,28). The molecule has 7 nitrogen and oxygen atoms in total. The van der Waals surface area contributed by atoms with Crippen molar-refractivity contribution < 1.29 is 23.9 Å². The van der Waals surface area contributed by atoms with Crippen molar-refractivity contribution in [3.05, 3.63) is 48.0 Å². The Kier molecular flexibility index (Phi) is 6.40. The van der Waals surface area contributed by atoms with Crippen LogP contribution in [-0.2, 0) is 9.59 Å². The SMILES string of the molecule is CC(=O)c1ccc2c(c1)N(C(C)C(=O)Nc1ccc(OCC(C)C)cc1)C(=O)CO2. The number of Topliss-reactive ketones (excluding diaryl/α,β-unsaturated/α-hetero) is 1. The van der Waals surface area contributed by atoms with E-state index < -0.39 is 6.04 Å². The van der Waals surface area contributed by atoms with Crippen LogP contribution >= 0.6 is 0 Å². The van der Waals surface area contributed by atoms with E-state index in [2.05, 4.69) is 19.2 Å². The molecule has 158 valence electrons. The van der Waals surface area contributed by atoms with E-state index in [9.17, 15) is 14.4 Å². The average Bonchev–Trinajstić information content (AvgIpc) is 2.72. The highest BCUT2D eigenvalue weighted by Crippen LogP contribution is 2.34. The highest BCUT2D eigenvalue weighted by molar-refractivity contribution is 6.07. The van der Waals surface area contributed by atoms with Gasteiger partial charge in [-0.2, -0.15) is 0 Å². The van der Waals surface area contributed by atoms with E-state index in [1.807, 2.05) is 0 Å². The van der Waals surface area contributed by atoms with Crippen LogP contribution in [0.1, 0.15) is 38.1 Å². The van der Waals surface area contributed by atoms with Gasteiger partial charge in [-0.3, -0.25) is 19.3 Å². The van der Waals surface area contributed by atoms with Crippen LogP contribution in [0.5, 0.6) is 11.5 Å². The van der Waals surface area contributed by atoms with Crippen LogP contribution in [0.3, 0.4) is 0 Å². The molecule has 2 aromatic rings. The second-order valence-corrected chi connectivity index (χ2v) is 7.69. The third kappa shape index (κ3) is 4.79. The fourth-order valence-electron chi connectivity index (χ4n) is 3.08. The Labute approximate surface area is 176 Å². The van der Waals surface area contributed by atoms with E-state index in [4.69, 9.17) is 9.47 Å². The molecule has 0 saturated heterocycles. The first-order valence-corrected chi connectivity index (χ1v) is 9.90. The third-order valence-corrected chi connectivity index (χ3v) is 4.72. The number of ketones is 1. The molecule has 1 aliphatic rings. The third-order valence-electron chi connectivity index (χ3n) is 4.72. The first kappa shape index (κ1) is 21.4. The highest BCUT2D eigenvalue weighted by atomic mass is 16.5. The van der Waals surface area contributed by atoms with E-state index >= 15 is 0 Å². The van der Waals surface area contributed by atoms with Gasteiger partial charge in [0.05, 0.1) is 12.3 Å². The second-order valence-electron chi connectivity index (χ2n) is 7.69.